The molecule has 30 heavy (non-hydrogen) atoms. The summed E-state index contributed by atoms with van der Waals surface area (Å²) < 4.78 is 41.2. The van der Waals surface area contributed by atoms with E-state index in [4.69, 9.17) is 14.5 Å². The lowest BCUT2D eigenvalue weighted by molar-refractivity contribution is 0.0151. The molecule has 7 heteroatoms. The van der Waals surface area contributed by atoms with Gasteiger partial charge in [-0.3, -0.25) is 4.98 Å². The fourth-order valence-electron chi connectivity index (χ4n) is 3.94. The van der Waals surface area contributed by atoms with Crippen molar-refractivity contribution in [3.63, 3.8) is 0 Å². The molecule has 0 spiro atoms. The third-order valence-corrected chi connectivity index (χ3v) is 5.36. The first kappa shape index (κ1) is 20.5. The average Bonchev–Trinajstić information content (AvgIpc) is 2.93. The van der Waals surface area contributed by atoms with Gasteiger partial charge in [0.2, 0.25) is 0 Å². The second kappa shape index (κ2) is 7.80. The van der Waals surface area contributed by atoms with E-state index in [9.17, 15) is 8.78 Å². The van der Waals surface area contributed by atoms with Crippen LogP contribution >= 0.6 is 0 Å². The van der Waals surface area contributed by atoms with Crippen LogP contribution in [-0.2, 0) is 23.6 Å². The first-order chi connectivity index (χ1) is 14.3. The number of imidazole rings is 1. The lowest BCUT2D eigenvalue weighted by atomic mass is 10.0. The van der Waals surface area contributed by atoms with Crippen molar-refractivity contribution in [2.75, 3.05) is 13.7 Å². The molecule has 0 amide bonds. The number of benzene rings is 1. The molecule has 1 aliphatic heterocycles. The van der Waals surface area contributed by atoms with E-state index >= 15 is 0 Å². The van der Waals surface area contributed by atoms with Gasteiger partial charge in [-0.05, 0) is 38.1 Å². The molecule has 0 radical (unpaired) electrons. The molecule has 0 fully saturated rings. The van der Waals surface area contributed by atoms with Crippen molar-refractivity contribution in [3.05, 3.63) is 53.5 Å². The monoisotopic (exact) mass is 413 g/mol. The standard InChI is InChI=1S/C23H25F2N3O2/c1-14-11-16(7-9-26-14)21-19-8-10-30-15(2)13-28(19)22(27-21)17-5-6-18(23(3,24)25)20(12-17)29-4/h5-7,9,11-12,15H,8,10,13H2,1-4H3/t15-/m1/s1. The van der Waals surface area contributed by atoms with E-state index in [0.29, 0.717) is 13.2 Å². The highest BCUT2D eigenvalue weighted by molar-refractivity contribution is 5.70. The van der Waals surface area contributed by atoms with Crippen LogP contribution in [-0.4, -0.2) is 34.4 Å². The lowest BCUT2D eigenvalue weighted by Crippen LogP contribution is -2.15. The normalized spacial score (nSPS) is 16.8. The summed E-state index contributed by atoms with van der Waals surface area (Å²) in [6.45, 7) is 6.08. The maximum atomic E-state index is 14.0. The molecule has 4 rings (SSSR count). The second-order valence-corrected chi connectivity index (χ2v) is 7.76. The quantitative estimate of drug-likeness (QED) is 0.604. The van der Waals surface area contributed by atoms with E-state index in [0.717, 1.165) is 47.4 Å². The number of aryl methyl sites for hydroxylation is 1. The summed E-state index contributed by atoms with van der Waals surface area (Å²) in [5.41, 5.74) is 4.42. The predicted octanol–water partition coefficient (Wildman–Crippen LogP) is 5.00. The van der Waals surface area contributed by atoms with Gasteiger partial charge in [0, 0.05) is 42.1 Å². The molecule has 0 unspecified atom stereocenters. The van der Waals surface area contributed by atoms with Gasteiger partial charge in [0.25, 0.3) is 5.92 Å². The largest absolute Gasteiger partial charge is 0.496 e. The third-order valence-electron chi connectivity index (χ3n) is 5.36. The van der Waals surface area contributed by atoms with Crippen molar-refractivity contribution in [3.8, 4) is 28.4 Å². The molecule has 1 aliphatic rings. The second-order valence-electron chi connectivity index (χ2n) is 7.76. The number of nitrogens with zero attached hydrogens (tertiary/aromatic N) is 3. The molecule has 0 bridgehead atoms. The fourth-order valence-corrected chi connectivity index (χ4v) is 3.94. The van der Waals surface area contributed by atoms with Crippen LogP contribution < -0.4 is 4.74 Å². The van der Waals surface area contributed by atoms with Gasteiger partial charge in [-0.25, -0.2) is 13.8 Å². The Morgan fingerprint density at radius 1 is 1.20 bits per heavy atom. The van der Waals surface area contributed by atoms with Gasteiger partial charge in [-0.2, -0.15) is 0 Å². The van der Waals surface area contributed by atoms with Crippen LogP contribution in [0.3, 0.4) is 0 Å². The summed E-state index contributed by atoms with van der Waals surface area (Å²) in [6, 6.07) is 8.69. The molecule has 3 heterocycles. The Kier molecular flexibility index (Phi) is 5.32. The number of fused-ring (bicyclic) bond motifs is 1. The number of rotatable bonds is 4. The highest BCUT2D eigenvalue weighted by Crippen LogP contribution is 2.38. The maximum Gasteiger partial charge on any atom is 0.274 e. The fraction of sp³-hybridized carbons (Fsp3) is 0.391. The summed E-state index contributed by atoms with van der Waals surface area (Å²) in [7, 11) is 1.40. The molecule has 1 atom stereocenters. The van der Waals surface area contributed by atoms with Gasteiger partial charge < -0.3 is 14.0 Å². The summed E-state index contributed by atoms with van der Waals surface area (Å²) in [5.74, 6) is -2.12. The Bertz CT molecular complexity index is 1070. The van der Waals surface area contributed by atoms with Gasteiger partial charge in [0.05, 0.1) is 37.6 Å². The summed E-state index contributed by atoms with van der Waals surface area (Å²) in [4.78, 5) is 9.23. The van der Waals surface area contributed by atoms with E-state index in [1.54, 1.807) is 18.3 Å². The number of alkyl halides is 2. The van der Waals surface area contributed by atoms with E-state index in [-0.39, 0.29) is 17.4 Å². The Morgan fingerprint density at radius 2 is 2.00 bits per heavy atom. The number of ether oxygens (including phenoxy) is 2. The van der Waals surface area contributed by atoms with Crippen LogP contribution in [0.2, 0.25) is 0 Å². The van der Waals surface area contributed by atoms with Gasteiger partial charge in [-0.1, -0.05) is 6.07 Å². The zero-order valence-corrected chi connectivity index (χ0v) is 17.6. The number of halogens is 2. The topological polar surface area (TPSA) is 49.2 Å². The number of aromatic nitrogens is 3. The molecule has 5 nitrogen and oxygen atoms in total. The minimum atomic E-state index is -2.99. The lowest BCUT2D eigenvalue weighted by Gasteiger charge is -2.17. The molecule has 0 N–H and O–H groups in total. The number of methoxy groups -OCH3 is 1. The van der Waals surface area contributed by atoms with E-state index in [1.807, 2.05) is 26.0 Å². The predicted molar refractivity (Wildman–Crippen MR) is 111 cm³/mol. The molecule has 1 aromatic carbocycles. The number of hydrogen-bond donors (Lipinski definition) is 0. The third kappa shape index (κ3) is 3.81. The Balaban J connectivity index is 1.90. The SMILES string of the molecule is COc1cc(-c2nc(-c3ccnc(C)c3)c3n2C[C@@H](C)OCC3)ccc1C(C)(F)F. The highest BCUT2D eigenvalue weighted by atomic mass is 19.3. The van der Waals surface area contributed by atoms with Gasteiger partial charge in [-0.15, -0.1) is 0 Å². The van der Waals surface area contributed by atoms with Gasteiger partial charge >= 0.3 is 0 Å². The van der Waals surface area contributed by atoms with E-state index in [1.165, 1.54) is 13.2 Å². The molecular weight excluding hydrogens is 388 g/mol. The Morgan fingerprint density at radius 3 is 2.70 bits per heavy atom. The van der Waals surface area contributed by atoms with Crippen molar-refractivity contribution in [2.45, 2.75) is 45.8 Å². The molecule has 3 aromatic rings. The highest BCUT2D eigenvalue weighted by Gasteiger charge is 2.30. The maximum absolute atomic E-state index is 14.0. The van der Waals surface area contributed by atoms with Gasteiger partial charge in [0.1, 0.15) is 11.6 Å². The van der Waals surface area contributed by atoms with Crippen molar-refractivity contribution in [1.82, 2.24) is 14.5 Å². The molecule has 0 saturated carbocycles. The zero-order valence-electron chi connectivity index (χ0n) is 17.6. The van der Waals surface area contributed by atoms with Crippen LogP contribution in [0.15, 0.2) is 36.5 Å². The minimum absolute atomic E-state index is 0.0207. The Hall–Kier alpha value is -2.80. The number of hydrogen-bond acceptors (Lipinski definition) is 4. The summed E-state index contributed by atoms with van der Waals surface area (Å²) >= 11 is 0. The van der Waals surface area contributed by atoms with Crippen molar-refractivity contribution in [1.29, 1.82) is 0 Å². The van der Waals surface area contributed by atoms with E-state index < -0.39 is 5.92 Å². The first-order valence-electron chi connectivity index (χ1n) is 9.98. The molecule has 2 aromatic heterocycles. The molecule has 0 aliphatic carbocycles. The van der Waals surface area contributed by atoms with Crippen molar-refractivity contribution < 1.29 is 18.3 Å². The van der Waals surface area contributed by atoms with Crippen LogP contribution in [0.5, 0.6) is 5.75 Å². The first-order valence-corrected chi connectivity index (χ1v) is 9.98. The van der Waals surface area contributed by atoms with Crippen LogP contribution in [0.25, 0.3) is 22.6 Å². The summed E-state index contributed by atoms with van der Waals surface area (Å²) in [6.07, 6.45) is 2.51. The van der Waals surface area contributed by atoms with Crippen molar-refractivity contribution in [2.24, 2.45) is 0 Å². The average molecular weight is 413 g/mol. The smallest absolute Gasteiger partial charge is 0.274 e. The van der Waals surface area contributed by atoms with Crippen molar-refractivity contribution >= 4 is 0 Å². The van der Waals surface area contributed by atoms with Crippen LogP contribution in [0.1, 0.15) is 30.8 Å². The minimum Gasteiger partial charge on any atom is -0.496 e. The zero-order chi connectivity index (χ0) is 21.5. The van der Waals surface area contributed by atoms with E-state index in [2.05, 4.69) is 9.55 Å². The Labute approximate surface area is 174 Å². The van der Waals surface area contributed by atoms with Crippen LogP contribution in [0, 0.1) is 6.92 Å². The summed E-state index contributed by atoms with van der Waals surface area (Å²) in [5, 5.41) is 0. The van der Waals surface area contributed by atoms with Crippen LogP contribution in [0.4, 0.5) is 8.78 Å². The number of pyridine rings is 1. The molecular formula is C23H25F2N3O2. The molecule has 0 saturated heterocycles. The molecule has 158 valence electrons. The van der Waals surface area contributed by atoms with Gasteiger partial charge in [0.15, 0.2) is 0 Å².